The molecule has 1 aliphatic heterocycles. The van der Waals surface area contributed by atoms with Crippen molar-refractivity contribution in [3.05, 3.63) is 11.8 Å². The van der Waals surface area contributed by atoms with Gasteiger partial charge in [-0.05, 0) is 19.8 Å². The van der Waals surface area contributed by atoms with Crippen LogP contribution < -0.4 is 5.73 Å². The molecule has 1 amide bonds. The van der Waals surface area contributed by atoms with Gasteiger partial charge in [-0.3, -0.25) is 9.89 Å². The number of anilines is 1. The van der Waals surface area contributed by atoms with E-state index in [4.69, 9.17) is 5.73 Å². The average Bonchev–Trinajstić information content (AvgIpc) is 2.57. The molecule has 2 rings (SSSR count). The normalized spacial score (nSPS) is 21.8. The summed E-state index contributed by atoms with van der Waals surface area (Å²) in [5, 5.41) is 6.46. The number of likely N-dealkylation sites (tertiary alicyclic amines) is 1. The molecular formula is C11H18N4O. The molecule has 1 aromatic heterocycles. The zero-order chi connectivity index (χ0) is 11.5. The lowest BCUT2D eigenvalue weighted by atomic mass is 10.1. The van der Waals surface area contributed by atoms with Gasteiger partial charge in [-0.1, -0.05) is 12.8 Å². The van der Waals surface area contributed by atoms with Crippen LogP contribution in [-0.2, 0) is 0 Å². The van der Waals surface area contributed by atoms with Crippen LogP contribution >= 0.6 is 0 Å². The topological polar surface area (TPSA) is 75.0 Å². The van der Waals surface area contributed by atoms with Gasteiger partial charge in [0, 0.05) is 18.7 Å². The highest BCUT2D eigenvalue weighted by atomic mass is 16.2. The number of nitrogens with two attached hydrogens (primary N) is 1. The molecule has 5 heteroatoms. The molecule has 0 spiro atoms. The minimum atomic E-state index is 0.0126. The summed E-state index contributed by atoms with van der Waals surface area (Å²) in [6, 6.07) is 1.90. The fraction of sp³-hybridized carbons (Fsp3) is 0.636. The molecular weight excluding hydrogens is 204 g/mol. The van der Waals surface area contributed by atoms with Gasteiger partial charge in [0.15, 0.2) is 0 Å². The smallest absolute Gasteiger partial charge is 0.272 e. The summed E-state index contributed by atoms with van der Waals surface area (Å²) >= 11 is 0. The maximum absolute atomic E-state index is 12.2. The summed E-state index contributed by atoms with van der Waals surface area (Å²) in [6.07, 6.45) is 4.57. The lowest BCUT2D eigenvalue weighted by Crippen LogP contribution is -2.38. The molecule has 0 bridgehead atoms. The van der Waals surface area contributed by atoms with Crippen molar-refractivity contribution in [2.24, 2.45) is 0 Å². The summed E-state index contributed by atoms with van der Waals surface area (Å²) in [5.41, 5.74) is 5.99. The zero-order valence-corrected chi connectivity index (χ0v) is 9.57. The molecule has 3 N–H and O–H groups in total. The first-order chi connectivity index (χ1) is 7.68. The van der Waals surface area contributed by atoms with E-state index in [-0.39, 0.29) is 5.91 Å². The molecule has 0 aliphatic carbocycles. The molecule has 1 fully saturated rings. The molecule has 1 aliphatic rings. The Kier molecular flexibility index (Phi) is 3.12. The molecule has 1 atom stereocenters. The number of amides is 1. The fourth-order valence-corrected chi connectivity index (χ4v) is 2.18. The molecule has 1 unspecified atom stereocenters. The van der Waals surface area contributed by atoms with Gasteiger partial charge in [-0.15, -0.1) is 0 Å². The van der Waals surface area contributed by atoms with Crippen molar-refractivity contribution in [1.82, 2.24) is 15.1 Å². The molecule has 0 radical (unpaired) electrons. The second-order valence-electron chi connectivity index (χ2n) is 4.40. The van der Waals surface area contributed by atoms with Crippen LogP contribution in [0.3, 0.4) is 0 Å². The van der Waals surface area contributed by atoms with Crippen molar-refractivity contribution in [2.75, 3.05) is 12.3 Å². The lowest BCUT2D eigenvalue weighted by Gasteiger charge is -2.26. The number of nitrogens with zero attached hydrogens (tertiary/aromatic N) is 2. The summed E-state index contributed by atoms with van der Waals surface area (Å²) in [5.74, 6) is 0.379. The van der Waals surface area contributed by atoms with E-state index >= 15 is 0 Å². The quantitative estimate of drug-likeness (QED) is 0.754. The second kappa shape index (κ2) is 4.55. The number of rotatable bonds is 1. The number of carbonyl (C=O) groups excluding carboxylic acids is 1. The predicted octanol–water partition coefficient (Wildman–Crippen LogP) is 1.40. The van der Waals surface area contributed by atoms with Crippen molar-refractivity contribution in [1.29, 1.82) is 0 Å². The predicted molar refractivity (Wildman–Crippen MR) is 62.0 cm³/mol. The number of aromatic nitrogens is 2. The van der Waals surface area contributed by atoms with Gasteiger partial charge in [0.1, 0.15) is 11.5 Å². The van der Waals surface area contributed by atoms with Crippen molar-refractivity contribution in [3.63, 3.8) is 0 Å². The van der Waals surface area contributed by atoms with Crippen LogP contribution in [0.2, 0.25) is 0 Å². The SMILES string of the molecule is CC1CCCCCN1C(=O)c1cc(N)n[nH]1. The van der Waals surface area contributed by atoms with E-state index in [0.717, 1.165) is 19.4 Å². The van der Waals surface area contributed by atoms with Crippen LogP contribution in [0.25, 0.3) is 0 Å². The molecule has 88 valence electrons. The summed E-state index contributed by atoms with van der Waals surface area (Å²) in [4.78, 5) is 14.1. The van der Waals surface area contributed by atoms with E-state index < -0.39 is 0 Å². The lowest BCUT2D eigenvalue weighted by molar-refractivity contribution is 0.0692. The van der Waals surface area contributed by atoms with Crippen LogP contribution in [-0.4, -0.2) is 33.6 Å². The van der Waals surface area contributed by atoms with Crippen molar-refractivity contribution in [2.45, 2.75) is 38.6 Å². The van der Waals surface area contributed by atoms with Gasteiger partial charge in [0.25, 0.3) is 5.91 Å². The van der Waals surface area contributed by atoms with E-state index in [9.17, 15) is 4.79 Å². The summed E-state index contributed by atoms with van der Waals surface area (Å²) in [6.45, 7) is 2.93. The van der Waals surface area contributed by atoms with E-state index in [1.165, 1.54) is 12.8 Å². The molecule has 1 saturated heterocycles. The number of hydrogen-bond donors (Lipinski definition) is 2. The van der Waals surface area contributed by atoms with Crippen molar-refractivity contribution >= 4 is 11.7 Å². The number of nitrogen functional groups attached to an aromatic ring is 1. The first kappa shape index (κ1) is 11.0. The summed E-state index contributed by atoms with van der Waals surface area (Å²) < 4.78 is 0. The fourth-order valence-electron chi connectivity index (χ4n) is 2.18. The number of hydrogen-bond acceptors (Lipinski definition) is 3. The average molecular weight is 222 g/mol. The van der Waals surface area contributed by atoms with Crippen LogP contribution in [0.4, 0.5) is 5.82 Å². The van der Waals surface area contributed by atoms with Crippen LogP contribution in [0.15, 0.2) is 6.07 Å². The van der Waals surface area contributed by atoms with E-state index in [0.29, 0.717) is 17.6 Å². The van der Waals surface area contributed by atoms with Gasteiger partial charge in [0.2, 0.25) is 0 Å². The number of H-pyrrole nitrogens is 1. The Bertz CT molecular complexity index is 374. The highest BCUT2D eigenvalue weighted by molar-refractivity contribution is 5.93. The maximum Gasteiger partial charge on any atom is 0.272 e. The third kappa shape index (κ3) is 2.18. The van der Waals surface area contributed by atoms with Gasteiger partial charge >= 0.3 is 0 Å². The first-order valence-corrected chi connectivity index (χ1v) is 5.80. The van der Waals surface area contributed by atoms with Gasteiger partial charge in [-0.2, -0.15) is 5.10 Å². The molecule has 5 nitrogen and oxygen atoms in total. The van der Waals surface area contributed by atoms with Gasteiger partial charge in [0.05, 0.1) is 0 Å². The maximum atomic E-state index is 12.2. The van der Waals surface area contributed by atoms with Crippen LogP contribution in [0, 0.1) is 0 Å². The Hall–Kier alpha value is -1.52. The Morgan fingerprint density at radius 3 is 3.06 bits per heavy atom. The second-order valence-corrected chi connectivity index (χ2v) is 4.40. The minimum Gasteiger partial charge on any atom is -0.382 e. The minimum absolute atomic E-state index is 0.0126. The number of aromatic amines is 1. The Morgan fingerprint density at radius 2 is 2.38 bits per heavy atom. The molecule has 2 heterocycles. The first-order valence-electron chi connectivity index (χ1n) is 5.80. The van der Waals surface area contributed by atoms with Crippen molar-refractivity contribution < 1.29 is 4.79 Å². The van der Waals surface area contributed by atoms with Gasteiger partial charge < -0.3 is 10.6 Å². The number of carbonyl (C=O) groups is 1. The van der Waals surface area contributed by atoms with E-state index in [1.807, 2.05) is 4.90 Å². The van der Waals surface area contributed by atoms with E-state index in [1.54, 1.807) is 6.07 Å². The summed E-state index contributed by atoms with van der Waals surface area (Å²) in [7, 11) is 0. The Morgan fingerprint density at radius 1 is 1.56 bits per heavy atom. The molecule has 16 heavy (non-hydrogen) atoms. The van der Waals surface area contributed by atoms with Crippen molar-refractivity contribution in [3.8, 4) is 0 Å². The monoisotopic (exact) mass is 222 g/mol. The zero-order valence-electron chi connectivity index (χ0n) is 9.57. The molecule has 0 saturated carbocycles. The number of nitrogens with one attached hydrogen (secondary N) is 1. The molecule has 1 aromatic rings. The third-order valence-corrected chi connectivity index (χ3v) is 3.14. The molecule has 0 aromatic carbocycles. The largest absolute Gasteiger partial charge is 0.382 e. The Balaban J connectivity index is 2.13. The van der Waals surface area contributed by atoms with Crippen LogP contribution in [0.1, 0.15) is 43.1 Å². The highest BCUT2D eigenvalue weighted by Crippen LogP contribution is 2.18. The standard InChI is InChI=1S/C11H18N4O/c1-8-5-3-2-4-6-15(8)11(16)9-7-10(12)14-13-9/h7-8H,2-6H2,1H3,(H3,12,13,14). The third-order valence-electron chi connectivity index (χ3n) is 3.14. The van der Waals surface area contributed by atoms with E-state index in [2.05, 4.69) is 17.1 Å². The van der Waals surface area contributed by atoms with Crippen LogP contribution in [0.5, 0.6) is 0 Å². The highest BCUT2D eigenvalue weighted by Gasteiger charge is 2.24. The van der Waals surface area contributed by atoms with Gasteiger partial charge in [-0.25, -0.2) is 0 Å². The Labute approximate surface area is 95.0 Å².